The molecule has 0 radical (unpaired) electrons. The van der Waals surface area contributed by atoms with E-state index in [0.29, 0.717) is 5.56 Å². The SMILES string of the molecule is Cc1cc2cc(C#N)ccn2c1. The monoisotopic (exact) mass is 156 g/mol. The van der Waals surface area contributed by atoms with Crippen LogP contribution in [0.3, 0.4) is 0 Å². The van der Waals surface area contributed by atoms with Crippen molar-refractivity contribution in [3.05, 3.63) is 41.7 Å². The largest absolute Gasteiger partial charge is 0.324 e. The topological polar surface area (TPSA) is 28.2 Å². The predicted octanol–water partition coefficient (Wildman–Crippen LogP) is 2.12. The first-order valence-corrected chi connectivity index (χ1v) is 3.78. The lowest BCUT2D eigenvalue weighted by atomic mass is 10.2. The van der Waals surface area contributed by atoms with E-state index in [1.807, 2.05) is 35.9 Å². The highest BCUT2D eigenvalue weighted by Crippen LogP contribution is 2.10. The Morgan fingerprint density at radius 1 is 1.42 bits per heavy atom. The Hall–Kier alpha value is -1.75. The molecule has 0 saturated heterocycles. The fraction of sp³-hybridized carbons (Fsp3) is 0.100. The number of hydrogen-bond donors (Lipinski definition) is 0. The summed E-state index contributed by atoms with van der Waals surface area (Å²) in [7, 11) is 0. The normalized spacial score (nSPS) is 10.0. The Morgan fingerprint density at radius 3 is 3.00 bits per heavy atom. The molecule has 0 aromatic carbocycles. The highest BCUT2D eigenvalue weighted by Gasteiger charge is 1.95. The second kappa shape index (κ2) is 2.38. The zero-order valence-electron chi connectivity index (χ0n) is 6.78. The van der Waals surface area contributed by atoms with Crippen molar-refractivity contribution in [1.29, 1.82) is 5.26 Å². The van der Waals surface area contributed by atoms with Crippen molar-refractivity contribution < 1.29 is 0 Å². The van der Waals surface area contributed by atoms with Gasteiger partial charge in [-0.25, -0.2) is 0 Å². The van der Waals surface area contributed by atoms with Crippen molar-refractivity contribution >= 4 is 5.52 Å². The smallest absolute Gasteiger partial charge is 0.0992 e. The fourth-order valence-corrected chi connectivity index (χ4v) is 1.32. The van der Waals surface area contributed by atoms with Crippen LogP contribution in [0.5, 0.6) is 0 Å². The van der Waals surface area contributed by atoms with Gasteiger partial charge >= 0.3 is 0 Å². The average Bonchev–Trinajstić information content (AvgIpc) is 2.43. The Bertz CT molecular complexity index is 460. The van der Waals surface area contributed by atoms with E-state index in [1.165, 1.54) is 5.56 Å². The Morgan fingerprint density at radius 2 is 2.25 bits per heavy atom. The third-order valence-corrected chi connectivity index (χ3v) is 1.86. The first-order valence-electron chi connectivity index (χ1n) is 3.78. The van der Waals surface area contributed by atoms with E-state index in [9.17, 15) is 0 Å². The van der Waals surface area contributed by atoms with E-state index in [0.717, 1.165) is 5.52 Å². The number of nitriles is 1. The van der Waals surface area contributed by atoms with Crippen molar-refractivity contribution in [2.75, 3.05) is 0 Å². The summed E-state index contributed by atoms with van der Waals surface area (Å²) in [4.78, 5) is 0. The molecular weight excluding hydrogens is 148 g/mol. The quantitative estimate of drug-likeness (QED) is 0.574. The van der Waals surface area contributed by atoms with E-state index in [2.05, 4.69) is 12.1 Å². The third kappa shape index (κ3) is 0.960. The van der Waals surface area contributed by atoms with Gasteiger partial charge in [0.15, 0.2) is 0 Å². The molecule has 2 aromatic rings. The highest BCUT2D eigenvalue weighted by atomic mass is 14.8. The maximum atomic E-state index is 8.64. The number of pyridine rings is 1. The number of rotatable bonds is 0. The molecule has 2 nitrogen and oxygen atoms in total. The van der Waals surface area contributed by atoms with Gasteiger partial charge in [0.05, 0.1) is 11.6 Å². The van der Waals surface area contributed by atoms with Crippen LogP contribution in [0.1, 0.15) is 11.1 Å². The summed E-state index contributed by atoms with van der Waals surface area (Å²) in [5.74, 6) is 0. The van der Waals surface area contributed by atoms with Crippen LogP contribution in [-0.2, 0) is 0 Å². The molecule has 12 heavy (non-hydrogen) atoms. The molecule has 0 fully saturated rings. The van der Waals surface area contributed by atoms with Crippen molar-refractivity contribution in [3.63, 3.8) is 0 Å². The molecule has 0 saturated carbocycles. The van der Waals surface area contributed by atoms with E-state index >= 15 is 0 Å². The van der Waals surface area contributed by atoms with Gasteiger partial charge in [0.1, 0.15) is 0 Å². The zero-order valence-corrected chi connectivity index (χ0v) is 6.78. The Kier molecular flexibility index (Phi) is 1.38. The lowest BCUT2D eigenvalue weighted by molar-refractivity contribution is 1.18. The number of nitrogens with zero attached hydrogens (tertiary/aromatic N) is 2. The average molecular weight is 156 g/mol. The minimum absolute atomic E-state index is 0.709. The molecule has 2 aromatic heterocycles. The minimum Gasteiger partial charge on any atom is -0.324 e. The molecule has 58 valence electrons. The van der Waals surface area contributed by atoms with Gasteiger partial charge in [-0.15, -0.1) is 0 Å². The lowest BCUT2D eigenvalue weighted by Crippen LogP contribution is -1.81. The first-order chi connectivity index (χ1) is 5.79. The predicted molar refractivity (Wildman–Crippen MR) is 46.8 cm³/mol. The second-order valence-corrected chi connectivity index (χ2v) is 2.88. The summed E-state index contributed by atoms with van der Waals surface area (Å²) in [6.07, 6.45) is 3.94. The van der Waals surface area contributed by atoms with E-state index in [-0.39, 0.29) is 0 Å². The van der Waals surface area contributed by atoms with E-state index in [4.69, 9.17) is 5.26 Å². The van der Waals surface area contributed by atoms with Crippen LogP contribution < -0.4 is 0 Å². The van der Waals surface area contributed by atoms with Crippen molar-refractivity contribution in [2.24, 2.45) is 0 Å². The molecule has 0 aliphatic carbocycles. The van der Waals surface area contributed by atoms with Crippen LogP contribution in [0.4, 0.5) is 0 Å². The van der Waals surface area contributed by atoms with Crippen molar-refractivity contribution in [1.82, 2.24) is 4.40 Å². The van der Waals surface area contributed by atoms with Crippen LogP contribution in [-0.4, -0.2) is 4.40 Å². The fourth-order valence-electron chi connectivity index (χ4n) is 1.32. The summed E-state index contributed by atoms with van der Waals surface area (Å²) in [6, 6.07) is 7.87. The number of fused-ring (bicyclic) bond motifs is 1. The van der Waals surface area contributed by atoms with Crippen LogP contribution in [0.15, 0.2) is 30.6 Å². The molecule has 2 rings (SSSR count). The number of aryl methyl sites for hydroxylation is 1. The Labute approximate surface area is 70.7 Å². The van der Waals surface area contributed by atoms with Crippen molar-refractivity contribution in [3.8, 4) is 6.07 Å². The van der Waals surface area contributed by atoms with Gasteiger partial charge in [0.2, 0.25) is 0 Å². The third-order valence-electron chi connectivity index (χ3n) is 1.86. The lowest BCUT2D eigenvalue weighted by Gasteiger charge is -1.92. The van der Waals surface area contributed by atoms with Gasteiger partial charge in [-0.1, -0.05) is 0 Å². The second-order valence-electron chi connectivity index (χ2n) is 2.88. The van der Waals surface area contributed by atoms with Gasteiger partial charge in [0, 0.05) is 17.9 Å². The molecule has 0 N–H and O–H groups in total. The van der Waals surface area contributed by atoms with Gasteiger partial charge < -0.3 is 4.40 Å². The molecular formula is C10H8N2. The summed E-state index contributed by atoms with van der Waals surface area (Å²) in [6.45, 7) is 2.04. The minimum atomic E-state index is 0.709. The van der Waals surface area contributed by atoms with Gasteiger partial charge in [-0.3, -0.25) is 0 Å². The van der Waals surface area contributed by atoms with Crippen LogP contribution in [0.25, 0.3) is 5.52 Å². The maximum absolute atomic E-state index is 8.64. The molecule has 0 unspecified atom stereocenters. The molecule has 0 aliphatic heterocycles. The summed E-state index contributed by atoms with van der Waals surface area (Å²) >= 11 is 0. The number of aromatic nitrogens is 1. The van der Waals surface area contributed by atoms with Crippen LogP contribution in [0, 0.1) is 18.3 Å². The maximum Gasteiger partial charge on any atom is 0.0992 e. The standard InChI is InChI=1S/C10H8N2/c1-8-4-10-5-9(6-11)2-3-12(10)7-8/h2-5,7H,1H3. The van der Waals surface area contributed by atoms with Gasteiger partial charge in [0.25, 0.3) is 0 Å². The molecule has 2 heterocycles. The first kappa shape index (κ1) is 6.93. The number of hydrogen-bond acceptors (Lipinski definition) is 1. The van der Waals surface area contributed by atoms with E-state index < -0.39 is 0 Å². The zero-order chi connectivity index (χ0) is 8.55. The Balaban J connectivity index is 2.77. The van der Waals surface area contributed by atoms with Crippen LogP contribution in [0.2, 0.25) is 0 Å². The molecule has 0 spiro atoms. The van der Waals surface area contributed by atoms with E-state index in [1.54, 1.807) is 0 Å². The van der Waals surface area contributed by atoms with Crippen molar-refractivity contribution in [2.45, 2.75) is 6.92 Å². The molecule has 0 aliphatic rings. The van der Waals surface area contributed by atoms with Gasteiger partial charge in [-0.05, 0) is 30.7 Å². The molecule has 0 bridgehead atoms. The summed E-state index contributed by atoms with van der Waals surface area (Å²) < 4.78 is 2.01. The molecule has 2 heteroatoms. The molecule has 0 atom stereocenters. The molecule has 0 amide bonds. The summed E-state index contributed by atoms with van der Waals surface area (Å²) in [5.41, 5.74) is 3.00. The highest BCUT2D eigenvalue weighted by molar-refractivity contribution is 5.54. The van der Waals surface area contributed by atoms with Crippen LogP contribution >= 0.6 is 0 Å². The summed E-state index contributed by atoms with van der Waals surface area (Å²) in [5, 5.41) is 8.64. The van der Waals surface area contributed by atoms with Gasteiger partial charge in [-0.2, -0.15) is 5.26 Å².